The van der Waals surface area contributed by atoms with Gasteiger partial charge in [0.25, 0.3) is 0 Å². The van der Waals surface area contributed by atoms with E-state index in [1.165, 1.54) is 31.2 Å². The second kappa shape index (κ2) is 5.40. The molecule has 108 valence electrons. The first-order chi connectivity index (χ1) is 9.65. The molecule has 0 bridgehead atoms. The molecule has 7 heteroatoms. The summed E-state index contributed by atoms with van der Waals surface area (Å²) in [6, 6.07) is 0.493. The van der Waals surface area contributed by atoms with Gasteiger partial charge in [-0.15, -0.1) is 5.10 Å². The number of nitrogens with zero attached hydrogens (tertiary/aromatic N) is 5. The van der Waals surface area contributed by atoms with Gasteiger partial charge < -0.3 is 4.90 Å². The summed E-state index contributed by atoms with van der Waals surface area (Å²) in [6.45, 7) is 0.778. The van der Waals surface area contributed by atoms with Gasteiger partial charge in [0.05, 0.1) is 6.20 Å². The average molecular weight is 292 g/mol. The molecule has 0 amide bonds. The van der Waals surface area contributed by atoms with E-state index in [0.717, 1.165) is 17.3 Å². The summed E-state index contributed by atoms with van der Waals surface area (Å²) < 4.78 is 4.72. The summed E-state index contributed by atoms with van der Waals surface area (Å²) in [5.74, 6) is 0.922. The van der Waals surface area contributed by atoms with E-state index in [9.17, 15) is 0 Å². The predicted octanol–water partition coefficient (Wildman–Crippen LogP) is 2.43. The van der Waals surface area contributed by atoms with Gasteiger partial charge in [-0.2, -0.15) is 5.10 Å². The van der Waals surface area contributed by atoms with Crippen LogP contribution in [0.3, 0.4) is 0 Å². The highest BCUT2D eigenvalue weighted by Crippen LogP contribution is 2.32. The lowest BCUT2D eigenvalue weighted by atomic mass is 10.2. The van der Waals surface area contributed by atoms with Crippen LogP contribution in [0.25, 0.3) is 0 Å². The standard InChI is InChI=1S/C13H20N6S/c1-17(8-10-7-14-18(2)9-10)12-15-16-13(20)19(12)11-5-3-4-6-11/h7,9,11H,3-6,8H2,1-2H3,(H,16,20). The van der Waals surface area contributed by atoms with Gasteiger partial charge in [0, 0.05) is 38.4 Å². The topological polar surface area (TPSA) is 54.7 Å². The number of hydrogen-bond donors (Lipinski definition) is 1. The second-order valence-electron chi connectivity index (χ2n) is 5.52. The molecule has 1 N–H and O–H groups in total. The first-order valence-corrected chi connectivity index (χ1v) is 7.41. The summed E-state index contributed by atoms with van der Waals surface area (Å²) in [7, 11) is 3.97. The summed E-state index contributed by atoms with van der Waals surface area (Å²) >= 11 is 5.40. The van der Waals surface area contributed by atoms with E-state index in [0.29, 0.717) is 6.04 Å². The lowest BCUT2D eigenvalue weighted by Gasteiger charge is -2.21. The van der Waals surface area contributed by atoms with E-state index in [-0.39, 0.29) is 0 Å². The van der Waals surface area contributed by atoms with Crippen LogP contribution < -0.4 is 4.90 Å². The summed E-state index contributed by atoms with van der Waals surface area (Å²) in [4.78, 5) is 2.13. The van der Waals surface area contributed by atoms with Crippen molar-refractivity contribution in [2.45, 2.75) is 38.3 Å². The molecule has 3 rings (SSSR count). The number of nitrogens with one attached hydrogen (secondary N) is 1. The number of H-pyrrole nitrogens is 1. The van der Waals surface area contributed by atoms with Crippen LogP contribution in [-0.2, 0) is 13.6 Å². The van der Waals surface area contributed by atoms with E-state index in [1.54, 1.807) is 0 Å². The monoisotopic (exact) mass is 292 g/mol. The second-order valence-corrected chi connectivity index (χ2v) is 5.90. The number of anilines is 1. The molecule has 6 nitrogen and oxygen atoms in total. The van der Waals surface area contributed by atoms with Gasteiger partial charge in [0.2, 0.25) is 5.95 Å². The Balaban J connectivity index is 1.84. The molecule has 1 aliphatic carbocycles. The number of rotatable bonds is 4. The van der Waals surface area contributed by atoms with E-state index >= 15 is 0 Å². The zero-order chi connectivity index (χ0) is 14.1. The Kier molecular flexibility index (Phi) is 3.60. The maximum absolute atomic E-state index is 5.40. The van der Waals surface area contributed by atoms with E-state index in [1.807, 2.05) is 31.2 Å². The quantitative estimate of drug-likeness (QED) is 0.879. The van der Waals surface area contributed by atoms with E-state index in [4.69, 9.17) is 12.2 Å². The van der Waals surface area contributed by atoms with Crippen molar-refractivity contribution in [3.8, 4) is 0 Å². The molecule has 0 aromatic carbocycles. The SMILES string of the molecule is CN(Cc1cnn(C)c1)c1n[nH]c(=S)n1C1CCCC1. The van der Waals surface area contributed by atoms with Crippen LogP contribution >= 0.6 is 12.2 Å². The molecule has 0 saturated heterocycles. The van der Waals surface area contributed by atoms with Gasteiger partial charge in [-0.3, -0.25) is 9.25 Å². The lowest BCUT2D eigenvalue weighted by Crippen LogP contribution is -2.22. The van der Waals surface area contributed by atoms with Crippen LogP contribution in [0.4, 0.5) is 5.95 Å². The van der Waals surface area contributed by atoms with Crippen molar-refractivity contribution in [1.82, 2.24) is 24.5 Å². The first kappa shape index (κ1) is 13.4. The van der Waals surface area contributed by atoms with Crippen LogP contribution in [0.5, 0.6) is 0 Å². The van der Waals surface area contributed by atoms with Crippen molar-refractivity contribution in [3.63, 3.8) is 0 Å². The van der Waals surface area contributed by atoms with Gasteiger partial charge in [0.1, 0.15) is 0 Å². The average Bonchev–Trinajstić information content (AvgIpc) is 3.10. The van der Waals surface area contributed by atoms with E-state index < -0.39 is 0 Å². The molecule has 1 saturated carbocycles. The molecule has 1 aliphatic rings. The number of hydrogen-bond acceptors (Lipinski definition) is 4. The third kappa shape index (κ3) is 2.49. The molecule has 0 radical (unpaired) electrons. The molecule has 2 aromatic heterocycles. The van der Waals surface area contributed by atoms with Gasteiger partial charge in [-0.05, 0) is 25.1 Å². The van der Waals surface area contributed by atoms with Crippen molar-refractivity contribution < 1.29 is 0 Å². The zero-order valence-corrected chi connectivity index (χ0v) is 12.7. The zero-order valence-electron chi connectivity index (χ0n) is 11.9. The van der Waals surface area contributed by atoms with Gasteiger partial charge >= 0.3 is 0 Å². The van der Waals surface area contributed by atoms with Crippen molar-refractivity contribution in [2.75, 3.05) is 11.9 Å². The predicted molar refractivity (Wildman–Crippen MR) is 80.2 cm³/mol. The van der Waals surface area contributed by atoms with E-state index in [2.05, 4.69) is 24.8 Å². The van der Waals surface area contributed by atoms with Crippen molar-refractivity contribution in [2.24, 2.45) is 7.05 Å². The Labute approximate surface area is 123 Å². The summed E-state index contributed by atoms with van der Waals surface area (Å²) in [5.41, 5.74) is 1.17. The summed E-state index contributed by atoms with van der Waals surface area (Å²) in [5, 5.41) is 11.5. The minimum atomic E-state index is 0.493. The van der Waals surface area contributed by atoms with Crippen LogP contribution in [0, 0.1) is 4.77 Å². The Morgan fingerprint density at radius 3 is 2.85 bits per heavy atom. The molecular weight excluding hydrogens is 272 g/mol. The van der Waals surface area contributed by atoms with Crippen LogP contribution in [0.2, 0.25) is 0 Å². The third-order valence-corrected chi connectivity index (χ3v) is 4.18. The van der Waals surface area contributed by atoms with Gasteiger partial charge in [-0.25, -0.2) is 5.10 Å². The Bertz CT molecular complexity index is 633. The minimum Gasteiger partial charge on any atom is -0.340 e. The molecule has 0 unspecified atom stereocenters. The molecule has 0 spiro atoms. The van der Waals surface area contributed by atoms with Crippen LogP contribution in [0.1, 0.15) is 37.3 Å². The normalized spacial score (nSPS) is 15.9. The van der Waals surface area contributed by atoms with Crippen molar-refractivity contribution >= 4 is 18.2 Å². The highest BCUT2D eigenvalue weighted by molar-refractivity contribution is 7.71. The molecule has 0 atom stereocenters. The van der Waals surface area contributed by atoms with Crippen molar-refractivity contribution in [1.29, 1.82) is 0 Å². The fourth-order valence-electron chi connectivity index (χ4n) is 2.96. The molecule has 2 aromatic rings. The van der Waals surface area contributed by atoms with Crippen LogP contribution in [-0.4, -0.2) is 31.6 Å². The Morgan fingerprint density at radius 1 is 1.45 bits per heavy atom. The number of aromatic amines is 1. The molecule has 0 aliphatic heterocycles. The molecule has 20 heavy (non-hydrogen) atoms. The number of aromatic nitrogens is 5. The largest absolute Gasteiger partial charge is 0.340 e. The highest BCUT2D eigenvalue weighted by atomic mass is 32.1. The van der Waals surface area contributed by atoms with Crippen LogP contribution in [0.15, 0.2) is 12.4 Å². The maximum atomic E-state index is 5.40. The Morgan fingerprint density at radius 2 is 2.20 bits per heavy atom. The van der Waals surface area contributed by atoms with Crippen molar-refractivity contribution in [3.05, 3.63) is 22.7 Å². The lowest BCUT2D eigenvalue weighted by molar-refractivity contribution is 0.509. The Hall–Kier alpha value is -1.63. The van der Waals surface area contributed by atoms with Gasteiger partial charge in [0.15, 0.2) is 4.77 Å². The highest BCUT2D eigenvalue weighted by Gasteiger charge is 2.22. The third-order valence-electron chi connectivity index (χ3n) is 3.90. The molecule has 1 fully saturated rings. The minimum absolute atomic E-state index is 0.493. The maximum Gasteiger partial charge on any atom is 0.226 e. The molecule has 2 heterocycles. The molecular formula is C13H20N6S. The van der Waals surface area contributed by atoms with Gasteiger partial charge in [-0.1, -0.05) is 12.8 Å². The fraction of sp³-hybridized carbons (Fsp3) is 0.615. The number of aryl methyl sites for hydroxylation is 1. The first-order valence-electron chi connectivity index (χ1n) is 7.00. The fourth-order valence-corrected chi connectivity index (χ4v) is 3.23. The summed E-state index contributed by atoms with van der Waals surface area (Å²) in [6.07, 6.45) is 8.87. The smallest absolute Gasteiger partial charge is 0.226 e.